The molecule has 5 heteroatoms. The van der Waals surface area contributed by atoms with Gasteiger partial charge in [0, 0.05) is 32.2 Å². The van der Waals surface area contributed by atoms with E-state index in [4.69, 9.17) is 4.74 Å². The molecule has 2 aliphatic rings. The van der Waals surface area contributed by atoms with Crippen LogP contribution in [-0.4, -0.2) is 61.0 Å². The molecule has 0 aromatic heterocycles. The van der Waals surface area contributed by atoms with Gasteiger partial charge in [-0.3, -0.25) is 4.90 Å². The van der Waals surface area contributed by atoms with Crippen LogP contribution in [0.5, 0.6) is 0 Å². The van der Waals surface area contributed by atoms with E-state index in [0.717, 1.165) is 32.8 Å². The van der Waals surface area contributed by atoms with Crippen molar-refractivity contribution in [3.63, 3.8) is 0 Å². The third kappa shape index (κ3) is 2.58. The second kappa shape index (κ2) is 5.28. The first kappa shape index (κ1) is 12.2. The number of rotatable bonds is 1. The second-order valence-corrected chi connectivity index (χ2v) is 3.97. The van der Waals surface area contributed by atoms with Crippen LogP contribution in [0.4, 0.5) is 0 Å². The van der Waals surface area contributed by atoms with E-state index in [-0.39, 0.29) is 18.5 Å². The van der Waals surface area contributed by atoms with Crippen LogP contribution in [0.2, 0.25) is 0 Å². The zero-order chi connectivity index (χ0) is 9.26. The van der Waals surface area contributed by atoms with Gasteiger partial charge in [0.1, 0.15) is 0 Å². The van der Waals surface area contributed by atoms with Gasteiger partial charge in [-0.15, -0.1) is 12.4 Å². The zero-order valence-electron chi connectivity index (χ0n) is 8.48. The number of β-amino-alcohol motifs (C(OH)–C–C–N with tert-alkyl or cyclic N) is 1. The minimum atomic E-state index is -0.203. The summed E-state index contributed by atoms with van der Waals surface area (Å²) in [5, 5.41) is 12.9. The molecule has 84 valence electrons. The van der Waals surface area contributed by atoms with Crippen LogP contribution in [0.25, 0.3) is 0 Å². The summed E-state index contributed by atoms with van der Waals surface area (Å²) in [7, 11) is 0. The fourth-order valence-electron chi connectivity index (χ4n) is 2.17. The van der Waals surface area contributed by atoms with Gasteiger partial charge in [0.15, 0.2) is 0 Å². The first-order valence-electron chi connectivity index (χ1n) is 5.02. The van der Waals surface area contributed by atoms with Crippen LogP contribution in [0.3, 0.4) is 0 Å². The average molecular weight is 223 g/mol. The van der Waals surface area contributed by atoms with Gasteiger partial charge in [-0.1, -0.05) is 0 Å². The third-order valence-corrected chi connectivity index (χ3v) is 2.89. The van der Waals surface area contributed by atoms with E-state index in [1.807, 2.05) is 0 Å². The Morgan fingerprint density at radius 1 is 1.43 bits per heavy atom. The summed E-state index contributed by atoms with van der Waals surface area (Å²) in [6.45, 7) is 6.42. The number of nitrogens with one attached hydrogen (secondary N) is 1. The minimum Gasteiger partial charge on any atom is -0.390 e. The van der Waals surface area contributed by atoms with Gasteiger partial charge >= 0.3 is 0 Å². The number of aliphatic hydroxyl groups is 1. The molecule has 2 rings (SSSR count). The molecule has 4 nitrogen and oxygen atoms in total. The summed E-state index contributed by atoms with van der Waals surface area (Å²) in [6, 6.07) is 0.298. The van der Waals surface area contributed by atoms with Gasteiger partial charge in [-0.25, -0.2) is 0 Å². The van der Waals surface area contributed by atoms with Crippen LogP contribution in [0.15, 0.2) is 0 Å². The highest BCUT2D eigenvalue weighted by atomic mass is 35.5. The fraction of sp³-hybridized carbons (Fsp3) is 1.00. The Morgan fingerprint density at radius 2 is 2.21 bits per heavy atom. The van der Waals surface area contributed by atoms with Crippen LogP contribution in [0, 0.1) is 0 Å². The highest BCUT2D eigenvalue weighted by Gasteiger charge is 2.32. The predicted molar refractivity (Wildman–Crippen MR) is 56.9 cm³/mol. The number of halogens is 1. The lowest BCUT2D eigenvalue weighted by atomic mass is 10.1. The molecule has 14 heavy (non-hydrogen) atoms. The number of nitrogens with zero attached hydrogens (tertiary/aromatic N) is 1. The van der Waals surface area contributed by atoms with Crippen molar-refractivity contribution in [1.82, 2.24) is 10.2 Å². The molecule has 0 radical (unpaired) electrons. The van der Waals surface area contributed by atoms with E-state index in [1.54, 1.807) is 0 Å². The van der Waals surface area contributed by atoms with E-state index in [0.29, 0.717) is 12.1 Å². The third-order valence-electron chi connectivity index (χ3n) is 2.89. The van der Waals surface area contributed by atoms with Crippen molar-refractivity contribution in [3.8, 4) is 0 Å². The first-order valence-corrected chi connectivity index (χ1v) is 5.02. The topological polar surface area (TPSA) is 44.7 Å². The van der Waals surface area contributed by atoms with Crippen LogP contribution >= 0.6 is 12.4 Å². The van der Waals surface area contributed by atoms with E-state index < -0.39 is 0 Å². The molecule has 0 saturated carbocycles. The Bertz CT molecular complexity index is 182. The summed E-state index contributed by atoms with van der Waals surface area (Å²) in [6.07, 6.45) is 0.104. The van der Waals surface area contributed by atoms with Gasteiger partial charge in [-0.2, -0.15) is 0 Å². The van der Waals surface area contributed by atoms with Crippen LogP contribution in [-0.2, 0) is 4.74 Å². The molecule has 2 heterocycles. The summed E-state index contributed by atoms with van der Waals surface area (Å²) in [5.41, 5.74) is 0. The standard InChI is InChI=1S/C9H18N2O2.ClH/c1-7-6-11(2-3-13-7)8-4-10-5-9(8)12;/h7-10,12H,2-6H2,1H3;1H/t7?,8-,9-;/m1./s1. The molecule has 2 aliphatic heterocycles. The number of ether oxygens (including phenoxy) is 1. The Hall–Kier alpha value is 0.130. The maximum atomic E-state index is 9.68. The molecule has 2 N–H and O–H groups in total. The number of hydrogen-bond donors (Lipinski definition) is 2. The highest BCUT2D eigenvalue weighted by molar-refractivity contribution is 5.85. The van der Waals surface area contributed by atoms with E-state index in [2.05, 4.69) is 17.1 Å². The lowest BCUT2D eigenvalue weighted by Crippen LogP contribution is -2.51. The number of aliphatic hydroxyl groups excluding tert-OH is 1. The molecule has 0 aromatic rings. The van der Waals surface area contributed by atoms with Crippen molar-refractivity contribution < 1.29 is 9.84 Å². The summed E-state index contributed by atoms with van der Waals surface area (Å²) in [5.74, 6) is 0. The SMILES string of the molecule is CC1CN([C@@H]2CNC[C@H]2O)CCO1.Cl. The Balaban J connectivity index is 0.000000980. The van der Waals surface area contributed by atoms with Gasteiger partial charge in [-0.05, 0) is 6.92 Å². The van der Waals surface area contributed by atoms with Gasteiger partial charge < -0.3 is 15.2 Å². The van der Waals surface area contributed by atoms with Crippen molar-refractivity contribution in [2.45, 2.75) is 25.2 Å². The van der Waals surface area contributed by atoms with Crippen molar-refractivity contribution in [2.24, 2.45) is 0 Å². The lowest BCUT2D eigenvalue weighted by Gasteiger charge is -2.36. The maximum Gasteiger partial charge on any atom is 0.0831 e. The molecule has 0 bridgehead atoms. The summed E-state index contributed by atoms with van der Waals surface area (Å²) in [4.78, 5) is 2.33. The first-order chi connectivity index (χ1) is 6.27. The molecule has 2 fully saturated rings. The van der Waals surface area contributed by atoms with Crippen LogP contribution in [0.1, 0.15) is 6.92 Å². The van der Waals surface area contributed by atoms with Gasteiger partial charge in [0.25, 0.3) is 0 Å². The molecular formula is C9H19ClN2O2. The lowest BCUT2D eigenvalue weighted by molar-refractivity contribution is -0.0472. The number of hydrogen-bond acceptors (Lipinski definition) is 4. The molecule has 0 amide bonds. The Labute approximate surface area is 91.0 Å². The van der Waals surface area contributed by atoms with Crippen molar-refractivity contribution in [3.05, 3.63) is 0 Å². The molecule has 0 aliphatic carbocycles. The normalized spacial score (nSPS) is 39.4. The smallest absolute Gasteiger partial charge is 0.0831 e. The fourth-order valence-corrected chi connectivity index (χ4v) is 2.17. The monoisotopic (exact) mass is 222 g/mol. The van der Waals surface area contributed by atoms with Gasteiger partial charge in [0.05, 0.1) is 18.8 Å². The average Bonchev–Trinajstić information content (AvgIpc) is 2.51. The molecule has 0 spiro atoms. The van der Waals surface area contributed by atoms with E-state index >= 15 is 0 Å². The minimum absolute atomic E-state index is 0. The molecular weight excluding hydrogens is 204 g/mol. The summed E-state index contributed by atoms with van der Waals surface area (Å²) >= 11 is 0. The van der Waals surface area contributed by atoms with Crippen molar-refractivity contribution in [1.29, 1.82) is 0 Å². The molecule has 1 unspecified atom stereocenters. The maximum absolute atomic E-state index is 9.68. The van der Waals surface area contributed by atoms with Crippen molar-refractivity contribution >= 4 is 12.4 Å². The van der Waals surface area contributed by atoms with E-state index in [1.165, 1.54) is 0 Å². The van der Waals surface area contributed by atoms with E-state index in [9.17, 15) is 5.11 Å². The zero-order valence-corrected chi connectivity index (χ0v) is 9.30. The summed E-state index contributed by atoms with van der Waals surface area (Å²) < 4.78 is 5.46. The molecule has 3 atom stereocenters. The van der Waals surface area contributed by atoms with Crippen LogP contribution < -0.4 is 5.32 Å². The predicted octanol–water partition coefficient (Wildman–Crippen LogP) is -0.538. The quantitative estimate of drug-likeness (QED) is 0.626. The number of morpholine rings is 1. The Kier molecular flexibility index (Phi) is 4.60. The second-order valence-electron chi connectivity index (χ2n) is 3.97. The van der Waals surface area contributed by atoms with Gasteiger partial charge in [0.2, 0.25) is 0 Å². The largest absolute Gasteiger partial charge is 0.390 e. The van der Waals surface area contributed by atoms with Crippen molar-refractivity contribution in [2.75, 3.05) is 32.8 Å². The molecule has 0 aromatic carbocycles. The highest BCUT2D eigenvalue weighted by Crippen LogP contribution is 2.13. The Morgan fingerprint density at radius 3 is 2.79 bits per heavy atom. The molecule has 2 saturated heterocycles.